The van der Waals surface area contributed by atoms with Crippen LogP contribution in [0, 0.1) is 6.92 Å². The van der Waals surface area contributed by atoms with Gasteiger partial charge in [0.2, 0.25) is 0 Å². The lowest BCUT2D eigenvalue weighted by molar-refractivity contribution is 0.0325. The monoisotopic (exact) mass is 482 g/mol. The number of aromatic nitrogens is 3. The van der Waals surface area contributed by atoms with Crippen molar-refractivity contribution >= 4 is 22.2 Å². The van der Waals surface area contributed by atoms with Gasteiger partial charge < -0.3 is 18.6 Å². The van der Waals surface area contributed by atoms with Crippen molar-refractivity contribution in [2.24, 2.45) is 0 Å². The Hall–Kier alpha value is -3.21. The molecule has 10 heteroatoms. The second-order valence-electron chi connectivity index (χ2n) is 8.09. The summed E-state index contributed by atoms with van der Waals surface area (Å²) in [6, 6.07) is 7.26. The number of benzene rings is 1. The molecule has 0 aliphatic carbocycles. The smallest absolute Gasteiger partial charge is 0.261 e. The molecule has 1 aromatic carbocycles. The Morgan fingerprint density at radius 3 is 2.53 bits per heavy atom. The van der Waals surface area contributed by atoms with Crippen LogP contribution in [0.2, 0.25) is 0 Å². The summed E-state index contributed by atoms with van der Waals surface area (Å²) in [5.41, 5.74) is 1.21. The van der Waals surface area contributed by atoms with Gasteiger partial charge >= 0.3 is 0 Å². The van der Waals surface area contributed by atoms with E-state index in [4.69, 9.17) is 28.6 Å². The number of thiazole rings is 1. The molecule has 34 heavy (non-hydrogen) atoms. The number of hydrogen-bond donors (Lipinski definition) is 0. The Bertz CT molecular complexity index is 1370. The van der Waals surface area contributed by atoms with Crippen LogP contribution < -0.4 is 15.0 Å². The minimum absolute atomic E-state index is 0.141. The van der Waals surface area contributed by atoms with E-state index in [0.717, 1.165) is 35.3 Å². The van der Waals surface area contributed by atoms with Crippen molar-refractivity contribution in [1.29, 1.82) is 0 Å². The molecule has 1 saturated heterocycles. The summed E-state index contributed by atoms with van der Waals surface area (Å²) in [6.07, 6.45) is 0. The van der Waals surface area contributed by atoms with Crippen molar-refractivity contribution in [2.75, 3.05) is 40.5 Å². The van der Waals surface area contributed by atoms with Crippen molar-refractivity contribution in [1.82, 2.24) is 19.4 Å². The van der Waals surface area contributed by atoms with Gasteiger partial charge in [0.1, 0.15) is 11.6 Å². The number of hydrogen-bond acceptors (Lipinski definition) is 9. The van der Waals surface area contributed by atoms with Gasteiger partial charge in [0.25, 0.3) is 5.56 Å². The van der Waals surface area contributed by atoms with Crippen LogP contribution in [0.1, 0.15) is 17.3 Å². The number of rotatable bonds is 7. The molecule has 4 heterocycles. The molecule has 1 aliphatic heterocycles. The van der Waals surface area contributed by atoms with Gasteiger partial charge in [-0.25, -0.2) is 9.97 Å². The molecule has 9 nitrogen and oxygen atoms in total. The lowest BCUT2D eigenvalue weighted by atomic mass is 10.2. The Morgan fingerprint density at radius 2 is 1.82 bits per heavy atom. The first-order valence-electron chi connectivity index (χ1n) is 11.0. The van der Waals surface area contributed by atoms with E-state index >= 15 is 0 Å². The van der Waals surface area contributed by atoms with E-state index in [1.54, 1.807) is 30.9 Å². The second-order valence-corrected chi connectivity index (χ2v) is 8.94. The molecule has 4 aromatic rings. The van der Waals surface area contributed by atoms with Crippen LogP contribution in [-0.2, 0) is 17.8 Å². The molecule has 0 bridgehead atoms. The molecule has 0 saturated carbocycles. The van der Waals surface area contributed by atoms with Crippen molar-refractivity contribution in [3.63, 3.8) is 0 Å². The number of methoxy groups -OCH3 is 2. The quantitative estimate of drug-likeness (QED) is 0.396. The third-order valence-electron chi connectivity index (χ3n) is 5.83. The second kappa shape index (κ2) is 9.57. The zero-order valence-electron chi connectivity index (χ0n) is 19.4. The van der Waals surface area contributed by atoms with Crippen LogP contribution in [0.25, 0.3) is 21.7 Å². The first-order valence-corrected chi connectivity index (χ1v) is 11.9. The molecule has 0 spiro atoms. The Morgan fingerprint density at radius 1 is 1.06 bits per heavy atom. The van der Waals surface area contributed by atoms with E-state index in [1.165, 1.54) is 11.3 Å². The van der Waals surface area contributed by atoms with E-state index in [9.17, 15) is 4.79 Å². The topological polar surface area (TPSA) is 91.9 Å². The van der Waals surface area contributed by atoms with E-state index in [2.05, 4.69) is 4.90 Å². The van der Waals surface area contributed by atoms with Crippen LogP contribution in [0.15, 0.2) is 38.9 Å². The normalized spacial score (nSPS) is 14.6. The molecular weight excluding hydrogens is 456 g/mol. The molecule has 1 fully saturated rings. The van der Waals surface area contributed by atoms with Gasteiger partial charge in [-0.05, 0) is 25.1 Å². The van der Waals surface area contributed by atoms with Crippen molar-refractivity contribution < 1.29 is 18.6 Å². The fraction of sp³-hybridized carbons (Fsp3) is 0.375. The van der Waals surface area contributed by atoms with Crippen LogP contribution in [0.5, 0.6) is 11.5 Å². The lowest BCUT2D eigenvalue weighted by Crippen LogP contribution is -2.38. The molecule has 0 N–H and O–H groups in total. The van der Waals surface area contributed by atoms with E-state index in [0.29, 0.717) is 54.5 Å². The summed E-state index contributed by atoms with van der Waals surface area (Å²) >= 11 is 1.49. The predicted octanol–water partition coefficient (Wildman–Crippen LogP) is 3.32. The average molecular weight is 483 g/mol. The fourth-order valence-corrected chi connectivity index (χ4v) is 4.81. The molecule has 5 rings (SSSR count). The third kappa shape index (κ3) is 4.44. The van der Waals surface area contributed by atoms with Crippen molar-refractivity contribution in [2.45, 2.75) is 20.0 Å². The highest BCUT2D eigenvalue weighted by Crippen LogP contribution is 2.31. The fourth-order valence-electron chi connectivity index (χ4n) is 4.04. The summed E-state index contributed by atoms with van der Waals surface area (Å²) in [7, 11) is 3.12. The molecule has 3 aromatic heterocycles. The standard InChI is InChI=1S/C24H26N4O5S/c1-15-4-5-19(33-15)23-25-16(14-34-23)12-28-22(13-27-6-8-32-9-7-27)26-18-11-21(31-3)20(30-2)10-17(18)24(28)29/h4-5,10-11,14H,6-9,12-13H2,1-3H3. The van der Waals surface area contributed by atoms with Gasteiger partial charge in [-0.1, -0.05) is 0 Å². The molecule has 178 valence electrons. The number of fused-ring (bicyclic) bond motifs is 1. The maximum atomic E-state index is 13.7. The van der Waals surface area contributed by atoms with Crippen molar-refractivity contribution in [3.8, 4) is 22.3 Å². The van der Waals surface area contributed by atoms with Crippen LogP contribution in [-0.4, -0.2) is 60.0 Å². The minimum Gasteiger partial charge on any atom is -0.493 e. The van der Waals surface area contributed by atoms with Gasteiger partial charge in [-0.2, -0.15) is 0 Å². The number of ether oxygens (including phenoxy) is 3. The van der Waals surface area contributed by atoms with Gasteiger partial charge in [0, 0.05) is 24.5 Å². The van der Waals surface area contributed by atoms with Crippen LogP contribution in [0.3, 0.4) is 0 Å². The van der Waals surface area contributed by atoms with Gasteiger partial charge in [0.15, 0.2) is 22.3 Å². The zero-order valence-corrected chi connectivity index (χ0v) is 20.2. The molecule has 0 unspecified atom stereocenters. The Kier molecular flexibility index (Phi) is 6.36. The number of nitrogens with zero attached hydrogens (tertiary/aromatic N) is 4. The average Bonchev–Trinajstić information content (AvgIpc) is 3.50. The van der Waals surface area contributed by atoms with E-state index < -0.39 is 0 Å². The highest BCUT2D eigenvalue weighted by atomic mass is 32.1. The van der Waals surface area contributed by atoms with Gasteiger partial charge in [0.05, 0.1) is 57.1 Å². The summed E-state index contributed by atoms with van der Waals surface area (Å²) in [5, 5.41) is 3.21. The Balaban J connectivity index is 1.57. The number of furan rings is 1. The SMILES string of the molecule is COc1cc2nc(CN3CCOCC3)n(Cc3csc(-c4ccc(C)o4)n3)c(=O)c2cc1OC. The van der Waals surface area contributed by atoms with Gasteiger partial charge in [-0.15, -0.1) is 11.3 Å². The van der Waals surface area contributed by atoms with Crippen LogP contribution >= 0.6 is 11.3 Å². The maximum absolute atomic E-state index is 13.7. The minimum atomic E-state index is -0.141. The summed E-state index contributed by atoms with van der Waals surface area (Å²) in [6.45, 7) is 5.67. The maximum Gasteiger partial charge on any atom is 0.261 e. The first-order chi connectivity index (χ1) is 16.6. The van der Waals surface area contributed by atoms with E-state index in [1.807, 2.05) is 24.4 Å². The highest BCUT2D eigenvalue weighted by Gasteiger charge is 2.20. The van der Waals surface area contributed by atoms with E-state index in [-0.39, 0.29) is 5.56 Å². The number of morpholine rings is 1. The molecular formula is C24H26N4O5S. The summed E-state index contributed by atoms with van der Waals surface area (Å²) < 4.78 is 23.7. The number of aryl methyl sites for hydroxylation is 1. The van der Waals surface area contributed by atoms with Crippen molar-refractivity contribution in [3.05, 3.63) is 57.3 Å². The molecule has 0 atom stereocenters. The molecule has 0 radical (unpaired) electrons. The largest absolute Gasteiger partial charge is 0.493 e. The highest BCUT2D eigenvalue weighted by molar-refractivity contribution is 7.13. The molecule has 0 amide bonds. The summed E-state index contributed by atoms with van der Waals surface area (Å²) in [5.74, 6) is 3.26. The lowest BCUT2D eigenvalue weighted by Gasteiger charge is -2.27. The molecule has 1 aliphatic rings. The predicted molar refractivity (Wildman–Crippen MR) is 129 cm³/mol. The third-order valence-corrected chi connectivity index (χ3v) is 6.74. The Labute approximate surface area is 200 Å². The zero-order chi connectivity index (χ0) is 23.7. The van der Waals surface area contributed by atoms with Gasteiger partial charge in [-0.3, -0.25) is 14.3 Å². The summed E-state index contributed by atoms with van der Waals surface area (Å²) in [4.78, 5) is 25.5. The first kappa shape index (κ1) is 22.6. The van der Waals surface area contributed by atoms with Crippen LogP contribution in [0.4, 0.5) is 0 Å².